The van der Waals surface area contributed by atoms with Crippen LogP contribution < -0.4 is 11.5 Å². The van der Waals surface area contributed by atoms with Gasteiger partial charge < -0.3 is 20.6 Å². The molecular formula is C13H22N6. The van der Waals surface area contributed by atoms with Gasteiger partial charge in [0.25, 0.3) is 0 Å². The first-order valence-corrected chi connectivity index (χ1v) is 6.55. The molecule has 4 N–H and O–H groups in total. The molecule has 6 heteroatoms. The normalized spacial score (nSPS) is 14.5. The van der Waals surface area contributed by atoms with Gasteiger partial charge in [-0.15, -0.1) is 0 Å². The molecular weight excluding hydrogens is 240 g/mol. The summed E-state index contributed by atoms with van der Waals surface area (Å²) in [4.78, 5) is 8.67. The molecule has 0 aromatic carbocycles. The lowest BCUT2D eigenvalue weighted by Gasteiger charge is -2.03. The SMILES string of the molecule is CC(N)Cc1cn(Cn2cnc(CC(C)N)c2)cn1. The quantitative estimate of drug-likeness (QED) is 0.787. The number of aromatic nitrogens is 4. The smallest absolute Gasteiger partial charge is 0.101 e. The molecule has 0 bridgehead atoms. The summed E-state index contributed by atoms with van der Waals surface area (Å²) < 4.78 is 4.05. The summed E-state index contributed by atoms with van der Waals surface area (Å²) in [5, 5.41) is 0. The summed E-state index contributed by atoms with van der Waals surface area (Å²) in [5.74, 6) is 0. The lowest BCUT2D eigenvalue weighted by molar-refractivity contribution is 0.604. The third-order valence-corrected chi connectivity index (χ3v) is 2.76. The highest BCUT2D eigenvalue weighted by atomic mass is 15.2. The van der Waals surface area contributed by atoms with Crippen molar-refractivity contribution in [2.45, 2.75) is 45.4 Å². The van der Waals surface area contributed by atoms with Crippen LogP contribution in [0.4, 0.5) is 0 Å². The van der Waals surface area contributed by atoms with E-state index in [0.29, 0.717) is 6.67 Å². The maximum atomic E-state index is 5.76. The Morgan fingerprint density at radius 3 is 1.74 bits per heavy atom. The van der Waals surface area contributed by atoms with E-state index in [0.717, 1.165) is 24.2 Å². The van der Waals surface area contributed by atoms with Gasteiger partial charge in [-0.1, -0.05) is 0 Å². The van der Waals surface area contributed by atoms with Crippen molar-refractivity contribution < 1.29 is 0 Å². The molecule has 0 aliphatic rings. The van der Waals surface area contributed by atoms with Crippen LogP contribution in [0.15, 0.2) is 25.0 Å². The molecule has 0 aliphatic heterocycles. The summed E-state index contributed by atoms with van der Waals surface area (Å²) >= 11 is 0. The maximum absolute atomic E-state index is 5.76. The van der Waals surface area contributed by atoms with E-state index in [2.05, 4.69) is 9.97 Å². The highest BCUT2D eigenvalue weighted by molar-refractivity contribution is 5.01. The average Bonchev–Trinajstić information content (AvgIpc) is 2.88. The van der Waals surface area contributed by atoms with Gasteiger partial charge in [0.05, 0.1) is 24.0 Å². The Morgan fingerprint density at radius 2 is 1.37 bits per heavy atom. The largest absolute Gasteiger partial charge is 0.328 e. The summed E-state index contributed by atoms with van der Waals surface area (Å²) in [5.41, 5.74) is 13.6. The number of rotatable bonds is 6. The first kappa shape index (κ1) is 13.8. The van der Waals surface area contributed by atoms with Gasteiger partial charge in [-0.25, -0.2) is 9.97 Å². The van der Waals surface area contributed by atoms with Crippen LogP contribution in [0.25, 0.3) is 0 Å². The molecule has 19 heavy (non-hydrogen) atoms. The molecule has 2 aromatic rings. The second kappa shape index (κ2) is 5.99. The molecule has 0 amide bonds. The fourth-order valence-electron chi connectivity index (χ4n) is 2.03. The lowest BCUT2D eigenvalue weighted by atomic mass is 10.2. The van der Waals surface area contributed by atoms with Crippen molar-refractivity contribution in [3.05, 3.63) is 36.4 Å². The van der Waals surface area contributed by atoms with E-state index in [1.807, 2.05) is 48.0 Å². The van der Waals surface area contributed by atoms with E-state index < -0.39 is 0 Å². The number of nitrogens with zero attached hydrogens (tertiary/aromatic N) is 4. The predicted octanol–water partition coefficient (Wildman–Crippen LogP) is 0.365. The van der Waals surface area contributed by atoms with Crippen LogP contribution >= 0.6 is 0 Å². The van der Waals surface area contributed by atoms with Crippen molar-refractivity contribution in [1.29, 1.82) is 0 Å². The summed E-state index contributed by atoms with van der Waals surface area (Å²) in [6.45, 7) is 4.67. The summed E-state index contributed by atoms with van der Waals surface area (Å²) in [6.07, 6.45) is 9.29. The van der Waals surface area contributed by atoms with Gasteiger partial charge in [-0.05, 0) is 13.8 Å². The van der Waals surface area contributed by atoms with Crippen molar-refractivity contribution in [2.75, 3.05) is 0 Å². The Kier molecular flexibility index (Phi) is 4.34. The molecule has 2 unspecified atom stereocenters. The van der Waals surface area contributed by atoms with Crippen LogP contribution in [0, 0.1) is 0 Å². The fraction of sp³-hybridized carbons (Fsp3) is 0.538. The highest BCUT2D eigenvalue weighted by Crippen LogP contribution is 2.03. The third-order valence-electron chi connectivity index (χ3n) is 2.76. The van der Waals surface area contributed by atoms with E-state index in [9.17, 15) is 0 Å². The first-order valence-electron chi connectivity index (χ1n) is 6.55. The topological polar surface area (TPSA) is 87.7 Å². The Hall–Kier alpha value is -1.66. The van der Waals surface area contributed by atoms with Gasteiger partial charge in [0.2, 0.25) is 0 Å². The van der Waals surface area contributed by atoms with Gasteiger partial charge in [-0.3, -0.25) is 0 Å². The Balaban J connectivity index is 1.96. The van der Waals surface area contributed by atoms with Crippen molar-refractivity contribution in [3.63, 3.8) is 0 Å². The van der Waals surface area contributed by atoms with Gasteiger partial charge in [-0.2, -0.15) is 0 Å². The number of nitrogens with two attached hydrogens (primary N) is 2. The van der Waals surface area contributed by atoms with E-state index in [-0.39, 0.29) is 12.1 Å². The number of hydrogen-bond acceptors (Lipinski definition) is 4. The number of imidazole rings is 2. The van der Waals surface area contributed by atoms with Crippen molar-refractivity contribution in [3.8, 4) is 0 Å². The van der Waals surface area contributed by atoms with Crippen LogP contribution in [0.1, 0.15) is 25.2 Å². The summed E-state index contributed by atoms with van der Waals surface area (Å²) in [7, 11) is 0. The minimum atomic E-state index is 0.134. The minimum absolute atomic E-state index is 0.134. The standard InChI is InChI=1S/C13H22N6/c1-10(14)3-12-5-18(7-16-12)9-19-6-13(17-8-19)4-11(2)15/h5-8,10-11H,3-4,9,14-15H2,1-2H3. The Morgan fingerprint density at radius 1 is 0.947 bits per heavy atom. The van der Waals surface area contributed by atoms with Crippen LogP contribution in [-0.2, 0) is 19.5 Å². The van der Waals surface area contributed by atoms with E-state index in [1.165, 1.54) is 0 Å². The van der Waals surface area contributed by atoms with Crippen LogP contribution in [0.3, 0.4) is 0 Å². The monoisotopic (exact) mass is 262 g/mol. The van der Waals surface area contributed by atoms with Crippen LogP contribution in [0.5, 0.6) is 0 Å². The third kappa shape index (κ3) is 4.18. The zero-order valence-corrected chi connectivity index (χ0v) is 11.5. The predicted molar refractivity (Wildman–Crippen MR) is 74.6 cm³/mol. The molecule has 2 aromatic heterocycles. The second-order valence-corrected chi connectivity index (χ2v) is 5.26. The van der Waals surface area contributed by atoms with Gasteiger partial charge in [0.1, 0.15) is 6.67 Å². The minimum Gasteiger partial charge on any atom is -0.328 e. The fourth-order valence-corrected chi connectivity index (χ4v) is 2.03. The highest BCUT2D eigenvalue weighted by Gasteiger charge is 2.04. The van der Waals surface area contributed by atoms with Gasteiger partial charge in [0.15, 0.2) is 0 Å². The van der Waals surface area contributed by atoms with E-state index in [1.54, 1.807) is 0 Å². The van der Waals surface area contributed by atoms with Crippen LogP contribution in [0.2, 0.25) is 0 Å². The average molecular weight is 262 g/mol. The molecule has 0 saturated carbocycles. The van der Waals surface area contributed by atoms with E-state index in [4.69, 9.17) is 11.5 Å². The molecule has 6 nitrogen and oxygen atoms in total. The molecule has 0 spiro atoms. The first-order chi connectivity index (χ1) is 9.02. The van der Waals surface area contributed by atoms with Crippen molar-refractivity contribution >= 4 is 0 Å². The zero-order chi connectivity index (χ0) is 13.8. The Bertz CT molecular complexity index is 464. The maximum Gasteiger partial charge on any atom is 0.101 e. The molecule has 2 atom stereocenters. The van der Waals surface area contributed by atoms with Crippen molar-refractivity contribution in [1.82, 2.24) is 19.1 Å². The van der Waals surface area contributed by atoms with Gasteiger partial charge >= 0.3 is 0 Å². The molecule has 2 heterocycles. The molecule has 0 aliphatic carbocycles. The van der Waals surface area contributed by atoms with E-state index >= 15 is 0 Å². The number of hydrogen-bond donors (Lipinski definition) is 2. The van der Waals surface area contributed by atoms with Crippen molar-refractivity contribution in [2.24, 2.45) is 11.5 Å². The van der Waals surface area contributed by atoms with Gasteiger partial charge in [0, 0.05) is 37.3 Å². The molecule has 0 saturated heterocycles. The second-order valence-electron chi connectivity index (χ2n) is 5.26. The molecule has 0 fully saturated rings. The lowest BCUT2D eigenvalue weighted by Crippen LogP contribution is -2.18. The Labute approximate surface area is 113 Å². The molecule has 2 rings (SSSR count). The molecule has 104 valence electrons. The molecule has 0 radical (unpaired) electrons. The zero-order valence-electron chi connectivity index (χ0n) is 11.5. The van der Waals surface area contributed by atoms with Crippen LogP contribution in [-0.4, -0.2) is 31.2 Å². The summed E-state index contributed by atoms with van der Waals surface area (Å²) in [6, 6.07) is 0.267.